The number of fused-ring (bicyclic) bond motifs is 1. The molecule has 1 aromatic carbocycles. The largest absolute Gasteiger partial charge is 0.431 e. The summed E-state index contributed by atoms with van der Waals surface area (Å²) in [5.41, 5.74) is 8.63. The van der Waals surface area contributed by atoms with E-state index >= 15 is 0 Å². The summed E-state index contributed by atoms with van der Waals surface area (Å²) >= 11 is 0. The second-order valence-corrected chi connectivity index (χ2v) is 4.83. The fourth-order valence-electron chi connectivity index (χ4n) is 2.45. The van der Waals surface area contributed by atoms with Crippen molar-refractivity contribution in [1.29, 1.82) is 0 Å². The maximum absolute atomic E-state index is 11.3. The van der Waals surface area contributed by atoms with E-state index in [9.17, 15) is 4.79 Å². The quantitative estimate of drug-likeness (QED) is 0.793. The summed E-state index contributed by atoms with van der Waals surface area (Å²) in [5, 5.41) is 5.28. The van der Waals surface area contributed by atoms with E-state index in [-0.39, 0.29) is 5.76 Å². The molecule has 2 N–H and O–H groups in total. The van der Waals surface area contributed by atoms with Crippen LogP contribution < -0.4 is 5.73 Å². The monoisotopic (exact) mass is 269 g/mol. The predicted molar refractivity (Wildman–Crippen MR) is 75.5 cm³/mol. The van der Waals surface area contributed by atoms with Gasteiger partial charge in [0.25, 0.3) is 5.91 Å². The van der Waals surface area contributed by atoms with Crippen LogP contribution in [0.4, 0.5) is 0 Å². The number of nitrogens with zero attached hydrogens (tertiary/aromatic N) is 2. The van der Waals surface area contributed by atoms with Crippen LogP contribution in [0.15, 0.2) is 34.7 Å². The lowest BCUT2D eigenvalue weighted by atomic mass is 10.1. The number of primary amides is 1. The van der Waals surface area contributed by atoms with E-state index < -0.39 is 5.91 Å². The third-order valence-corrected chi connectivity index (χ3v) is 3.49. The highest BCUT2D eigenvalue weighted by atomic mass is 16.4. The van der Waals surface area contributed by atoms with Gasteiger partial charge in [-0.15, -0.1) is 5.10 Å². The highest BCUT2D eigenvalue weighted by molar-refractivity contribution is 5.97. The van der Waals surface area contributed by atoms with E-state index in [1.54, 1.807) is 0 Å². The maximum atomic E-state index is 11.3. The summed E-state index contributed by atoms with van der Waals surface area (Å²) in [4.78, 5) is 11.3. The molecule has 20 heavy (non-hydrogen) atoms. The molecule has 0 fully saturated rings. The van der Waals surface area contributed by atoms with E-state index in [4.69, 9.17) is 10.2 Å². The Bertz CT molecular complexity index is 784. The number of aromatic nitrogens is 2. The summed E-state index contributed by atoms with van der Waals surface area (Å²) in [6, 6.07) is 10.1. The first-order chi connectivity index (χ1) is 9.58. The molecule has 3 aromatic rings. The van der Waals surface area contributed by atoms with Crippen molar-refractivity contribution < 1.29 is 9.21 Å². The Labute approximate surface area is 116 Å². The molecule has 0 bridgehead atoms. The molecule has 2 aromatic heterocycles. The Morgan fingerprint density at radius 3 is 2.60 bits per heavy atom. The van der Waals surface area contributed by atoms with Crippen LogP contribution in [0.5, 0.6) is 0 Å². The van der Waals surface area contributed by atoms with Crippen LogP contribution in [0.3, 0.4) is 0 Å². The molecule has 3 rings (SSSR count). The first kappa shape index (κ1) is 12.5. The first-order valence-electron chi connectivity index (χ1n) is 6.38. The molecule has 2 heterocycles. The normalized spacial score (nSPS) is 11.1. The van der Waals surface area contributed by atoms with Crippen molar-refractivity contribution >= 4 is 17.0 Å². The molecule has 0 aliphatic rings. The fraction of sp³-hybridized carbons (Fsp3) is 0.200. The summed E-state index contributed by atoms with van der Waals surface area (Å²) in [5.74, 6) is -0.369. The van der Waals surface area contributed by atoms with Gasteiger partial charge in [0.1, 0.15) is 0 Å². The number of nitrogens with two attached hydrogens (primary N) is 1. The molecule has 5 heteroatoms. The minimum Gasteiger partial charge on any atom is -0.431 e. The molecule has 0 aliphatic heterocycles. The third kappa shape index (κ3) is 1.87. The number of carbonyl (C=O) groups excluding carboxylic acids is 1. The van der Waals surface area contributed by atoms with Crippen molar-refractivity contribution in [3.8, 4) is 0 Å². The van der Waals surface area contributed by atoms with Gasteiger partial charge in [-0.05, 0) is 19.4 Å². The molecule has 0 atom stereocenters. The fourth-order valence-corrected chi connectivity index (χ4v) is 2.45. The van der Waals surface area contributed by atoms with Gasteiger partial charge in [-0.2, -0.15) is 0 Å². The molecule has 0 radical (unpaired) electrons. The van der Waals surface area contributed by atoms with Crippen LogP contribution in [0.25, 0.3) is 11.1 Å². The van der Waals surface area contributed by atoms with Crippen LogP contribution in [0.2, 0.25) is 0 Å². The van der Waals surface area contributed by atoms with Gasteiger partial charge in [0, 0.05) is 11.3 Å². The molecule has 0 aliphatic carbocycles. The predicted octanol–water partition coefficient (Wildman–Crippen LogP) is 2.39. The van der Waals surface area contributed by atoms with Crippen molar-refractivity contribution in [2.45, 2.75) is 20.4 Å². The number of hydrogen-bond acceptors (Lipinski definition) is 3. The summed E-state index contributed by atoms with van der Waals surface area (Å²) in [6.07, 6.45) is 0. The molecular weight excluding hydrogens is 254 g/mol. The van der Waals surface area contributed by atoms with Crippen molar-refractivity contribution in [1.82, 2.24) is 9.78 Å². The standard InChI is InChI=1S/C15H15N3O2/c1-9-12-10(2)18(8-11-6-4-3-5-7-11)17-15(12)20-13(9)14(16)19/h3-7H,8H2,1-2H3,(H2,16,19). The second-order valence-electron chi connectivity index (χ2n) is 4.83. The molecule has 0 saturated heterocycles. The van der Waals surface area contributed by atoms with E-state index in [2.05, 4.69) is 5.10 Å². The summed E-state index contributed by atoms with van der Waals surface area (Å²) < 4.78 is 7.33. The Morgan fingerprint density at radius 2 is 2.00 bits per heavy atom. The second kappa shape index (κ2) is 4.52. The lowest BCUT2D eigenvalue weighted by Crippen LogP contribution is -2.11. The van der Waals surface area contributed by atoms with E-state index in [1.807, 2.05) is 48.9 Å². The van der Waals surface area contributed by atoms with Gasteiger partial charge < -0.3 is 10.2 Å². The Hall–Kier alpha value is -2.56. The van der Waals surface area contributed by atoms with Gasteiger partial charge >= 0.3 is 0 Å². The topological polar surface area (TPSA) is 74.1 Å². The SMILES string of the molecule is Cc1c(C(N)=O)oc2nn(Cc3ccccc3)c(C)c12. The minimum atomic E-state index is -0.561. The average molecular weight is 269 g/mol. The van der Waals surface area contributed by atoms with Crippen LogP contribution >= 0.6 is 0 Å². The van der Waals surface area contributed by atoms with E-state index in [0.29, 0.717) is 12.3 Å². The first-order valence-corrected chi connectivity index (χ1v) is 6.38. The molecule has 0 spiro atoms. The average Bonchev–Trinajstić information content (AvgIpc) is 2.90. The van der Waals surface area contributed by atoms with Gasteiger partial charge in [0.05, 0.1) is 11.9 Å². The van der Waals surface area contributed by atoms with Crippen LogP contribution in [-0.4, -0.2) is 15.7 Å². The van der Waals surface area contributed by atoms with Gasteiger partial charge in [-0.3, -0.25) is 9.48 Å². The molecular formula is C15H15N3O2. The number of furan rings is 1. The van der Waals surface area contributed by atoms with E-state index in [1.165, 1.54) is 0 Å². The molecule has 1 amide bonds. The lowest BCUT2D eigenvalue weighted by molar-refractivity contribution is 0.0974. The van der Waals surface area contributed by atoms with Gasteiger partial charge in [-0.25, -0.2) is 0 Å². The molecule has 5 nitrogen and oxygen atoms in total. The molecule has 102 valence electrons. The third-order valence-electron chi connectivity index (χ3n) is 3.49. The van der Waals surface area contributed by atoms with Crippen LogP contribution in [0.1, 0.15) is 27.4 Å². The number of benzene rings is 1. The number of amides is 1. The smallest absolute Gasteiger partial charge is 0.284 e. The molecule has 0 unspecified atom stereocenters. The van der Waals surface area contributed by atoms with Crippen LogP contribution in [-0.2, 0) is 6.54 Å². The number of carbonyl (C=O) groups is 1. The maximum Gasteiger partial charge on any atom is 0.284 e. The Morgan fingerprint density at radius 1 is 1.30 bits per heavy atom. The number of rotatable bonds is 3. The van der Waals surface area contributed by atoms with Crippen LogP contribution in [0, 0.1) is 13.8 Å². The highest BCUT2D eigenvalue weighted by Gasteiger charge is 2.20. The summed E-state index contributed by atoms with van der Waals surface area (Å²) in [7, 11) is 0. The zero-order valence-electron chi connectivity index (χ0n) is 11.4. The molecule has 0 saturated carbocycles. The van der Waals surface area contributed by atoms with Crippen molar-refractivity contribution in [2.24, 2.45) is 5.73 Å². The van der Waals surface area contributed by atoms with Crippen molar-refractivity contribution in [3.63, 3.8) is 0 Å². The van der Waals surface area contributed by atoms with Gasteiger partial charge in [0.2, 0.25) is 5.71 Å². The van der Waals surface area contributed by atoms with Crippen molar-refractivity contribution in [3.05, 3.63) is 52.9 Å². The van der Waals surface area contributed by atoms with E-state index in [0.717, 1.165) is 22.2 Å². The lowest BCUT2D eigenvalue weighted by Gasteiger charge is -2.04. The Kier molecular flexibility index (Phi) is 2.82. The zero-order valence-corrected chi connectivity index (χ0v) is 11.4. The Balaban J connectivity index is 2.06. The highest BCUT2D eigenvalue weighted by Crippen LogP contribution is 2.27. The van der Waals surface area contributed by atoms with Crippen molar-refractivity contribution in [2.75, 3.05) is 0 Å². The zero-order chi connectivity index (χ0) is 14.3. The summed E-state index contributed by atoms with van der Waals surface area (Å²) in [6.45, 7) is 4.46. The minimum absolute atomic E-state index is 0.192. The van der Waals surface area contributed by atoms with Gasteiger partial charge in [0.15, 0.2) is 5.76 Å². The van der Waals surface area contributed by atoms with Gasteiger partial charge in [-0.1, -0.05) is 30.3 Å². The number of hydrogen-bond donors (Lipinski definition) is 1. The number of aryl methyl sites for hydroxylation is 2.